The lowest BCUT2D eigenvalue weighted by molar-refractivity contribution is 0.0682. The van der Waals surface area contributed by atoms with Gasteiger partial charge in [0.15, 0.2) is 5.82 Å². The standard InChI is InChI=1S/C26H31ClN6O2S/c1-15-31-17(14-36-15)11-16-6-9-33(10-7-16)24(34)18-12-19(22(29-4)13-20(18)27)23(28)21-5-8-30-25(32-21)26(2,3)35/h5,8,12-14,16,28-29,35H,6-7,9-11H2,1-4H3. The molecule has 0 bridgehead atoms. The fourth-order valence-electron chi connectivity index (χ4n) is 4.39. The fourth-order valence-corrected chi connectivity index (χ4v) is 5.26. The van der Waals surface area contributed by atoms with Crippen LogP contribution in [0.15, 0.2) is 29.8 Å². The van der Waals surface area contributed by atoms with Crippen molar-refractivity contribution in [2.45, 2.75) is 45.6 Å². The molecule has 1 amide bonds. The second-order valence-corrected chi connectivity index (χ2v) is 11.1. The highest BCUT2D eigenvalue weighted by atomic mass is 35.5. The number of hydrogen-bond donors (Lipinski definition) is 3. The van der Waals surface area contributed by atoms with Gasteiger partial charge in [-0.1, -0.05) is 11.6 Å². The molecule has 36 heavy (non-hydrogen) atoms. The third kappa shape index (κ3) is 5.74. The number of aryl methyl sites for hydroxylation is 1. The molecule has 1 aliphatic heterocycles. The van der Waals surface area contributed by atoms with Gasteiger partial charge in [-0.25, -0.2) is 15.0 Å². The number of nitrogens with zero attached hydrogens (tertiary/aromatic N) is 4. The molecule has 3 N–H and O–H groups in total. The average Bonchev–Trinajstić information content (AvgIpc) is 3.27. The van der Waals surface area contributed by atoms with Crippen LogP contribution < -0.4 is 5.32 Å². The second-order valence-electron chi connectivity index (χ2n) is 9.62. The van der Waals surface area contributed by atoms with Crippen LogP contribution >= 0.6 is 22.9 Å². The fraction of sp³-hybridized carbons (Fsp3) is 0.423. The summed E-state index contributed by atoms with van der Waals surface area (Å²) in [6.45, 7) is 6.52. The van der Waals surface area contributed by atoms with E-state index in [4.69, 9.17) is 17.0 Å². The zero-order valence-electron chi connectivity index (χ0n) is 20.9. The Morgan fingerprint density at radius 3 is 2.61 bits per heavy atom. The van der Waals surface area contributed by atoms with E-state index in [9.17, 15) is 9.90 Å². The van der Waals surface area contributed by atoms with E-state index in [1.165, 1.54) is 6.20 Å². The molecule has 1 aliphatic rings. The van der Waals surface area contributed by atoms with E-state index < -0.39 is 5.60 Å². The maximum absolute atomic E-state index is 13.5. The minimum Gasteiger partial charge on any atom is -0.388 e. The number of nitrogens with one attached hydrogen (secondary N) is 2. The monoisotopic (exact) mass is 526 g/mol. The van der Waals surface area contributed by atoms with Crippen molar-refractivity contribution in [1.82, 2.24) is 19.9 Å². The van der Waals surface area contributed by atoms with Gasteiger partial charge in [-0.15, -0.1) is 11.3 Å². The van der Waals surface area contributed by atoms with E-state index in [1.807, 2.05) is 11.8 Å². The zero-order valence-corrected chi connectivity index (χ0v) is 22.5. The number of aliphatic hydroxyl groups is 1. The molecule has 0 saturated carbocycles. The average molecular weight is 527 g/mol. The number of carbonyl (C=O) groups is 1. The van der Waals surface area contributed by atoms with Crippen molar-refractivity contribution in [3.05, 3.63) is 68.1 Å². The SMILES string of the molecule is CNc1cc(Cl)c(C(=O)N2CCC(Cc3csc(C)n3)CC2)cc1C(=N)c1ccnc(C(C)(C)O)n1. The van der Waals surface area contributed by atoms with Crippen LogP contribution in [0.5, 0.6) is 0 Å². The second kappa shape index (κ2) is 10.6. The van der Waals surface area contributed by atoms with Crippen molar-refractivity contribution < 1.29 is 9.90 Å². The molecule has 1 saturated heterocycles. The topological polar surface area (TPSA) is 115 Å². The van der Waals surface area contributed by atoms with Gasteiger partial charge in [-0.05, 0) is 64.2 Å². The van der Waals surface area contributed by atoms with E-state index in [-0.39, 0.29) is 17.4 Å². The summed E-state index contributed by atoms with van der Waals surface area (Å²) < 4.78 is 0. The summed E-state index contributed by atoms with van der Waals surface area (Å²) in [4.78, 5) is 28.4. The Labute approximate surface area is 220 Å². The number of benzene rings is 1. The lowest BCUT2D eigenvalue weighted by Crippen LogP contribution is -2.39. The molecule has 3 aromatic rings. The highest BCUT2D eigenvalue weighted by molar-refractivity contribution is 7.09. The first-order valence-electron chi connectivity index (χ1n) is 11.9. The molecule has 0 unspecified atom stereocenters. The summed E-state index contributed by atoms with van der Waals surface area (Å²) in [7, 11) is 1.74. The minimum atomic E-state index is -1.24. The molecule has 0 aliphatic carbocycles. The molecule has 190 valence electrons. The summed E-state index contributed by atoms with van der Waals surface area (Å²) in [6.07, 6.45) is 4.29. The maximum atomic E-state index is 13.5. The highest BCUT2D eigenvalue weighted by Crippen LogP contribution is 2.30. The Morgan fingerprint density at radius 1 is 1.28 bits per heavy atom. The first-order chi connectivity index (χ1) is 17.1. The van der Waals surface area contributed by atoms with Gasteiger partial charge < -0.3 is 15.3 Å². The Morgan fingerprint density at radius 2 is 2.00 bits per heavy atom. The number of hydrogen-bond acceptors (Lipinski definition) is 8. The summed E-state index contributed by atoms with van der Waals surface area (Å²) in [6, 6.07) is 4.95. The van der Waals surface area contributed by atoms with Crippen LogP contribution in [0.3, 0.4) is 0 Å². The third-order valence-corrected chi connectivity index (χ3v) is 7.54. The van der Waals surface area contributed by atoms with Crippen molar-refractivity contribution in [1.29, 1.82) is 5.41 Å². The van der Waals surface area contributed by atoms with E-state index in [0.717, 1.165) is 30.0 Å². The van der Waals surface area contributed by atoms with Crippen LogP contribution in [-0.4, -0.2) is 56.7 Å². The minimum absolute atomic E-state index is 0.107. The molecule has 2 aromatic heterocycles. The van der Waals surface area contributed by atoms with Crippen molar-refractivity contribution in [3.8, 4) is 0 Å². The van der Waals surface area contributed by atoms with Gasteiger partial charge in [0.25, 0.3) is 5.91 Å². The molecule has 4 rings (SSSR count). The summed E-state index contributed by atoms with van der Waals surface area (Å²) in [5, 5.41) is 25.7. The van der Waals surface area contributed by atoms with Gasteiger partial charge in [0.1, 0.15) is 5.60 Å². The van der Waals surface area contributed by atoms with Crippen molar-refractivity contribution in [2.75, 3.05) is 25.5 Å². The van der Waals surface area contributed by atoms with Crippen LogP contribution in [0.1, 0.15) is 64.8 Å². The number of piperidine rings is 1. The van der Waals surface area contributed by atoms with E-state index >= 15 is 0 Å². The summed E-state index contributed by atoms with van der Waals surface area (Å²) >= 11 is 8.22. The normalized spacial score (nSPS) is 14.7. The molecule has 10 heteroatoms. The maximum Gasteiger partial charge on any atom is 0.255 e. The first kappa shape index (κ1) is 26.2. The lowest BCUT2D eigenvalue weighted by Gasteiger charge is -2.32. The van der Waals surface area contributed by atoms with Crippen molar-refractivity contribution in [2.24, 2.45) is 5.92 Å². The number of anilines is 1. The lowest BCUT2D eigenvalue weighted by atomic mass is 9.92. The van der Waals surface area contributed by atoms with E-state index in [2.05, 4.69) is 25.6 Å². The number of likely N-dealkylation sites (tertiary alicyclic amines) is 1. The predicted molar refractivity (Wildman–Crippen MR) is 143 cm³/mol. The van der Waals surface area contributed by atoms with E-state index in [0.29, 0.717) is 46.5 Å². The molecule has 1 aromatic carbocycles. The van der Waals surface area contributed by atoms with Crippen LogP contribution in [0.25, 0.3) is 0 Å². The summed E-state index contributed by atoms with van der Waals surface area (Å²) in [5.41, 5.74) is 1.82. The first-order valence-corrected chi connectivity index (χ1v) is 13.2. The van der Waals surface area contributed by atoms with Crippen LogP contribution in [0.2, 0.25) is 5.02 Å². The molecule has 0 spiro atoms. The van der Waals surface area contributed by atoms with Crippen molar-refractivity contribution in [3.63, 3.8) is 0 Å². The predicted octanol–water partition coefficient (Wildman–Crippen LogP) is 4.68. The number of thiazole rings is 1. The van der Waals surface area contributed by atoms with Crippen LogP contribution in [0.4, 0.5) is 5.69 Å². The Hall–Kier alpha value is -2.88. The Kier molecular flexibility index (Phi) is 7.73. The molecule has 8 nitrogen and oxygen atoms in total. The van der Waals surface area contributed by atoms with Gasteiger partial charge in [0.2, 0.25) is 0 Å². The van der Waals surface area contributed by atoms with Crippen molar-refractivity contribution >= 4 is 40.2 Å². The molecule has 3 heterocycles. The van der Waals surface area contributed by atoms with Gasteiger partial charge in [-0.2, -0.15) is 0 Å². The number of aromatic nitrogens is 3. The van der Waals surface area contributed by atoms with Gasteiger partial charge in [-0.3, -0.25) is 10.2 Å². The van der Waals surface area contributed by atoms with Gasteiger partial charge >= 0.3 is 0 Å². The molecule has 0 radical (unpaired) electrons. The Balaban J connectivity index is 1.54. The number of halogens is 1. The largest absolute Gasteiger partial charge is 0.388 e. The van der Waals surface area contributed by atoms with Gasteiger partial charge in [0.05, 0.1) is 32.7 Å². The molecular formula is C26H31ClN6O2S. The third-order valence-electron chi connectivity index (χ3n) is 6.40. The highest BCUT2D eigenvalue weighted by Gasteiger charge is 2.27. The van der Waals surface area contributed by atoms with Crippen LogP contribution in [-0.2, 0) is 12.0 Å². The van der Waals surface area contributed by atoms with Gasteiger partial charge in [0, 0.05) is 43.0 Å². The van der Waals surface area contributed by atoms with E-state index in [1.54, 1.807) is 50.4 Å². The smallest absolute Gasteiger partial charge is 0.255 e. The number of rotatable bonds is 7. The molecule has 1 fully saturated rings. The summed E-state index contributed by atoms with van der Waals surface area (Å²) in [5.74, 6) is 0.584. The Bertz CT molecular complexity index is 1280. The number of carbonyl (C=O) groups excluding carboxylic acids is 1. The number of amides is 1. The van der Waals surface area contributed by atoms with Crippen LogP contribution in [0, 0.1) is 18.3 Å². The molecule has 0 atom stereocenters. The molecular weight excluding hydrogens is 496 g/mol. The quantitative estimate of drug-likeness (QED) is 0.385. The zero-order chi connectivity index (χ0) is 26.0.